The third kappa shape index (κ3) is 81.1. The molecule has 0 amide bonds. The van der Waals surface area contributed by atoms with E-state index >= 15 is 0 Å². The summed E-state index contributed by atoms with van der Waals surface area (Å²) in [5.41, 5.74) is 0. The number of carbonyl (C=O) groups excluding carboxylic acids is 6. The highest BCUT2D eigenvalue weighted by Gasteiger charge is 2.33. The summed E-state index contributed by atoms with van der Waals surface area (Å²) in [6.45, 7) is 17.8. The average molecular weight is 1610 g/mol. The van der Waals surface area contributed by atoms with Gasteiger partial charge in [0.05, 0.1) is 36.6 Å². The molecule has 9 atom stereocenters. The summed E-state index contributed by atoms with van der Waals surface area (Å²) in [5.74, 6) is -9.88. The van der Waals surface area contributed by atoms with Crippen LogP contribution in [0.3, 0.4) is 0 Å². The number of carboxylic acids is 4. The molecule has 0 aliphatic carbocycles. The van der Waals surface area contributed by atoms with Gasteiger partial charge in [0.15, 0.2) is 25.4 Å². The third-order valence-corrected chi connectivity index (χ3v) is 19.6. The van der Waals surface area contributed by atoms with Crippen LogP contribution in [-0.4, -0.2) is 164 Å². The fraction of sp³-hybridized carbons (Fsp3) is 0.886. The molecule has 24 heteroatoms. The highest BCUT2D eigenvalue weighted by atomic mass is 16.6. The molecule has 0 aromatic heterocycles. The summed E-state index contributed by atoms with van der Waals surface area (Å²) in [6, 6.07) is 0. The van der Waals surface area contributed by atoms with E-state index in [1.165, 1.54) is 194 Å². The van der Waals surface area contributed by atoms with Crippen molar-refractivity contribution in [2.24, 2.45) is 17.8 Å². The first kappa shape index (κ1) is 115. The zero-order valence-electron chi connectivity index (χ0n) is 72.1. The highest BCUT2D eigenvalue weighted by molar-refractivity contribution is 5.82. The third-order valence-electron chi connectivity index (χ3n) is 19.6. The predicted molar refractivity (Wildman–Crippen MR) is 440 cm³/mol. The molecule has 112 heavy (non-hydrogen) atoms. The highest BCUT2D eigenvalue weighted by Crippen LogP contribution is 2.26. The topological polar surface area (TPSA) is 388 Å². The molecule has 0 fully saturated rings. The zero-order valence-corrected chi connectivity index (χ0v) is 72.1. The summed E-state index contributed by atoms with van der Waals surface area (Å²) in [6.07, 6.45) is 54.3. The molecule has 662 valence electrons. The van der Waals surface area contributed by atoms with E-state index in [4.69, 9.17) is 54.0 Å². The van der Waals surface area contributed by atoms with Gasteiger partial charge in [-0.05, 0) is 72.1 Å². The Bertz CT molecular complexity index is 2200. The van der Waals surface area contributed by atoms with Gasteiger partial charge in [-0.15, -0.1) is 0 Å². The van der Waals surface area contributed by atoms with Crippen LogP contribution in [0.4, 0.5) is 0 Å². The zero-order chi connectivity index (χ0) is 85.1. The summed E-state index contributed by atoms with van der Waals surface area (Å²) >= 11 is 0. The summed E-state index contributed by atoms with van der Waals surface area (Å²) in [4.78, 5) is 114. The number of aliphatic carboxylic acids is 4. The van der Waals surface area contributed by atoms with Gasteiger partial charge >= 0.3 is 53.7 Å². The molecule has 0 bridgehead atoms. The summed E-state index contributed by atoms with van der Waals surface area (Å²) in [5, 5.41) is 69.4. The first-order chi connectivity index (χ1) is 53.8. The van der Waals surface area contributed by atoms with Gasteiger partial charge in [-0.1, -0.05) is 350 Å². The number of unbranched alkanes of at least 4 members (excludes halogenated alkanes) is 42. The number of aliphatic hydroxyl groups is 4. The number of carbonyl (C=O) groups is 10. The van der Waals surface area contributed by atoms with Crippen LogP contribution < -0.4 is 0 Å². The molecule has 0 aromatic rings. The van der Waals surface area contributed by atoms with E-state index < -0.39 is 128 Å². The Morgan fingerprint density at radius 3 is 0.866 bits per heavy atom. The van der Waals surface area contributed by atoms with Crippen LogP contribution in [0.15, 0.2) is 0 Å². The summed E-state index contributed by atoms with van der Waals surface area (Å²) < 4.78 is 30.9. The van der Waals surface area contributed by atoms with E-state index in [-0.39, 0.29) is 0 Å². The maximum absolute atomic E-state index is 13.1. The van der Waals surface area contributed by atoms with Gasteiger partial charge in [-0.25, -0.2) is 28.8 Å². The smallest absolute Gasteiger partial charge is 0.347 e. The van der Waals surface area contributed by atoms with Crippen molar-refractivity contribution >= 4 is 60.2 Å². The molecule has 0 aliphatic rings. The number of esters is 5. The molecule has 0 aliphatic heterocycles. The van der Waals surface area contributed by atoms with Gasteiger partial charge in [-0.3, -0.25) is 19.2 Å². The van der Waals surface area contributed by atoms with Gasteiger partial charge in [0.2, 0.25) is 0 Å². The van der Waals surface area contributed by atoms with Gasteiger partial charge in [-0.2, -0.15) is 0 Å². The number of hydrogen-bond donors (Lipinski definition) is 8. The maximum atomic E-state index is 13.1. The van der Waals surface area contributed by atoms with Crippen LogP contribution in [0.2, 0.25) is 0 Å². The molecule has 0 spiro atoms. The Labute approximate surface area is 677 Å². The molecule has 0 saturated carbocycles. The quantitative estimate of drug-likeness (QED) is 0.0121. The number of aliphatic hydroxyl groups excluding tert-OH is 4. The Kier molecular flexibility index (Phi) is 90.3. The van der Waals surface area contributed by atoms with E-state index in [0.29, 0.717) is 51.6 Å². The lowest BCUT2D eigenvalue weighted by molar-refractivity contribution is -0.174. The molecule has 24 nitrogen and oxygen atoms in total. The fourth-order valence-corrected chi connectivity index (χ4v) is 12.5. The second-order valence-electron chi connectivity index (χ2n) is 30.2. The Hall–Kier alpha value is -5.46. The van der Waals surface area contributed by atoms with Crippen LogP contribution >= 0.6 is 0 Å². The minimum atomic E-state index is -1.30. The van der Waals surface area contributed by atoms with Crippen LogP contribution in [0.5, 0.6) is 0 Å². The standard InChI is InChI=1S/C42H78O8.C23H42O7.C18H36O3.C3H6O3.C2H4O3/c1-5-8-11-14-16-17-18-19-20-21-22-23-24-26-28-31-34-47-41(45)37(4)50-40(44)35-48-42(46)38(32-29-27-25-15-12-9-6-2)39(49-36-43)33-30-13-10-7-3;1-4-6-8-10-11-12-13-15-19(20(24)16-14-9-7-5-2)23(28)29-17-21(25)30-18(3)22(26)27;1-3-5-7-9-10-11-12-14-16(18(20)21)17(19)15-13-8-6-4-2;1-2(4)3(5)6;3-1-2(4)5/h36-39H,5-35H2,1-4H3;18-20,24H,4-17H2,1-3H3,(H,26,27);16-17,19H,3-15H2,1-2H3,(H,20,21);2,4H,1H3,(H,5,6);3H,1H2,(H,4,5). The second kappa shape index (κ2) is 87.9. The SMILES string of the molecule is CC(O)C(=O)O.CCCCCCCCCC(C(=O)O)C(O)CCCCCC.CCCCCCCCCC(C(=O)OCC(=O)OC(C)C(=O)O)C(O)CCCCCC.CCCCCCCCCCCCCCCCCCOC(=O)C(C)OC(=O)COC(=O)C(CCCCCCCCC)C(CCCCCC)OC=O.O=C(O)CO. The first-order valence-electron chi connectivity index (χ1n) is 44.3. The lowest BCUT2D eigenvalue weighted by Crippen LogP contribution is -2.34. The van der Waals surface area contributed by atoms with E-state index in [9.17, 15) is 58.5 Å². The largest absolute Gasteiger partial charge is 0.481 e. The molecule has 0 aromatic carbocycles. The average Bonchev–Trinajstić information content (AvgIpc) is 0.880. The molecule has 9 unspecified atom stereocenters. The monoisotopic (exact) mass is 1610 g/mol. The molecular weight excluding hydrogens is 1440 g/mol. The van der Waals surface area contributed by atoms with Crippen LogP contribution in [0.1, 0.15) is 422 Å². The fourth-order valence-electron chi connectivity index (χ4n) is 12.5. The van der Waals surface area contributed by atoms with Crippen molar-refractivity contribution in [3.63, 3.8) is 0 Å². The van der Waals surface area contributed by atoms with Crippen LogP contribution in [-0.2, 0) is 76.4 Å². The maximum Gasteiger partial charge on any atom is 0.347 e. The minimum Gasteiger partial charge on any atom is -0.481 e. The van der Waals surface area contributed by atoms with E-state index in [0.717, 1.165) is 141 Å². The van der Waals surface area contributed by atoms with Crippen molar-refractivity contribution in [2.75, 3.05) is 26.4 Å². The number of rotatable bonds is 74. The molecule has 0 heterocycles. The van der Waals surface area contributed by atoms with Crippen LogP contribution in [0.25, 0.3) is 0 Å². The molecule has 0 rings (SSSR count). The number of carboxylic acid groups (broad SMARTS) is 4. The van der Waals surface area contributed by atoms with E-state index in [2.05, 4.69) is 53.2 Å². The van der Waals surface area contributed by atoms with Crippen molar-refractivity contribution in [1.29, 1.82) is 0 Å². The lowest BCUT2D eigenvalue weighted by atomic mass is 9.91. The lowest BCUT2D eigenvalue weighted by Gasteiger charge is -2.24. The minimum absolute atomic E-state index is 0.296. The van der Waals surface area contributed by atoms with Crippen molar-refractivity contribution in [2.45, 2.75) is 459 Å². The Morgan fingerprint density at radius 2 is 0.562 bits per heavy atom. The van der Waals surface area contributed by atoms with Crippen molar-refractivity contribution < 1.29 is 117 Å². The number of hydrogen-bond acceptors (Lipinski definition) is 20. The second-order valence-corrected chi connectivity index (χ2v) is 30.2. The van der Waals surface area contributed by atoms with Crippen molar-refractivity contribution in [3.05, 3.63) is 0 Å². The Balaban J connectivity index is -0.000000517. The molecule has 0 radical (unpaired) electrons. The van der Waals surface area contributed by atoms with Gasteiger partial charge in [0.1, 0.15) is 18.8 Å². The molecule has 0 saturated heterocycles. The predicted octanol–water partition coefficient (Wildman–Crippen LogP) is 19.8. The number of ether oxygens (including phenoxy) is 6. The van der Waals surface area contributed by atoms with Crippen molar-refractivity contribution in [1.82, 2.24) is 0 Å². The van der Waals surface area contributed by atoms with Crippen molar-refractivity contribution in [3.8, 4) is 0 Å². The first-order valence-corrected chi connectivity index (χ1v) is 44.3. The normalized spacial score (nSPS) is 13.2. The van der Waals surface area contributed by atoms with E-state index in [1.807, 2.05) is 0 Å². The van der Waals surface area contributed by atoms with Crippen LogP contribution in [0, 0.1) is 17.8 Å². The summed E-state index contributed by atoms with van der Waals surface area (Å²) in [7, 11) is 0. The van der Waals surface area contributed by atoms with Gasteiger partial charge in [0, 0.05) is 0 Å². The molecular formula is C88H166O24. The van der Waals surface area contributed by atoms with Gasteiger partial charge in [0.25, 0.3) is 6.47 Å². The van der Waals surface area contributed by atoms with E-state index in [1.54, 1.807) is 0 Å². The van der Waals surface area contributed by atoms with Gasteiger partial charge < -0.3 is 69.3 Å². The molecule has 8 N–H and O–H groups in total. The Morgan fingerprint density at radius 1 is 0.304 bits per heavy atom.